The topological polar surface area (TPSA) is 89.9 Å². The van der Waals surface area contributed by atoms with Gasteiger partial charge >= 0.3 is 6.03 Å². The monoisotopic (exact) mass is 397 g/mol. The molecule has 2 aromatic rings. The van der Waals surface area contributed by atoms with Gasteiger partial charge in [0.05, 0.1) is 6.54 Å². The summed E-state index contributed by atoms with van der Waals surface area (Å²) >= 11 is 0. The van der Waals surface area contributed by atoms with Gasteiger partial charge in [0.15, 0.2) is 17.3 Å². The van der Waals surface area contributed by atoms with Crippen LogP contribution in [0.1, 0.15) is 34.2 Å². The molecular weight excluding hydrogens is 374 g/mol. The van der Waals surface area contributed by atoms with Crippen molar-refractivity contribution in [3.63, 3.8) is 0 Å². The second kappa shape index (κ2) is 6.65. The standard InChI is InChI=1S/C21H23N3O5/c1-12-9-15(13(2)23(12)4)16(25)11-24-19(26)21(3,22-20(24)27)14-5-6-17-18(10-14)29-8-7-28-17/h5-6,9-10H,7-8,11H2,1-4H3,(H,22,27)/t21-/m0/s1. The van der Waals surface area contributed by atoms with Gasteiger partial charge in [0.2, 0.25) is 0 Å². The zero-order chi connectivity index (χ0) is 20.9. The molecule has 0 aliphatic carbocycles. The summed E-state index contributed by atoms with van der Waals surface area (Å²) in [4.78, 5) is 39.5. The second-order valence-corrected chi connectivity index (χ2v) is 7.57. The molecule has 1 saturated heterocycles. The summed E-state index contributed by atoms with van der Waals surface area (Å²) in [5.74, 6) is 0.378. The van der Waals surface area contributed by atoms with E-state index in [0.29, 0.717) is 35.8 Å². The van der Waals surface area contributed by atoms with Gasteiger partial charge in [-0.1, -0.05) is 6.07 Å². The third-order valence-electron chi connectivity index (χ3n) is 5.77. The maximum atomic E-state index is 13.1. The molecule has 2 aliphatic rings. The summed E-state index contributed by atoms with van der Waals surface area (Å²) in [6.45, 7) is 5.94. The van der Waals surface area contributed by atoms with E-state index in [0.717, 1.165) is 16.3 Å². The van der Waals surface area contributed by atoms with Gasteiger partial charge in [0.1, 0.15) is 18.8 Å². The molecule has 1 N–H and O–H groups in total. The largest absolute Gasteiger partial charge is 0.486 e. The minimum absolute atomic E-state index is 0.277. The molecule has 1 atom stereocenters. The number of urea groups is 1. The van der Waals surface area contributed by atoms with Crippen LogP contribution in [0.5, 0.6) is 11.5 Å². The van der Waals surface area contributed by atoms with Gasteiger partial charge in [0.25, 0.3) is 5.91 Å². The van der Waals surface area contributed by atoms with Crippen LogP contribution < -0.4 is 14.8 Å². The van der Waals surface area contributed by atoms with E-state index in [1.165, 1.54) is 0 Å². The van der Waals surface area contributed by atoms with E-state index in [2.05, 4.69) is 5.32 Å². The van der Waals surface area contributed by atoms with E-state index >= 15 is 0 Å². The van der Waals surface area contributed by atoms with E-state index in [1.807, 2.05) is 25.5 Å². The molecule has 1 aromatic carbocycles. The number of nitrogens with one attached hydrogen (secondary N) is 1. The Kier molecular flexibility index (Phi) is 4.37. The lowest BCUT2D eigenvalue weighted by Crippen LogP contribution is -2.41. The highest BCUT2D eigenvalue weighted by atomic mass is 16.6. The molecule has 1 fully saturated rings. The Morgan fingerprint density at radius 1 is 1.14 bits per heavy atom. The van der Waals surface area contributed by atoms with Crippen LogP contribution in [-0.4, -0.2) is 46.9 Å². The van der Waals surface area contributed by atoms with Crippen LogP contribution in [0.4, 0.5) is 4.79 Å². The normalized spacial score (nSPS) is 20.8. The molecule has 0 spiro atoms. The number of rotatable bonds is 4. The predicted molar refractivity (Wildman–Crippen MR) is 104 cm³/mol. The van der Waals surface area contributed by atoms with Crippen LogP contribution in [0, 0.1) is 13.8 Å². The quantitative estimate of drug-likeness (QED) is 0.630. The van der Waals surface area contributed by atoms with E-state index in [9.17, 15) is 14.4 Å². The molecule has 2 aliphatic heterocycles. The van der Waals surface area contributed by atoms with Gasteiger partial charge in [-0.25, -0.2) is 4.79 Å². The number of Topliss-reactive ketones (excluding diaryl/α,β-unsaturated/α-hetero) is 1. The maximum Gasteiger partial charge on any atom is 0.325 e. The smallest absolute Gasteiger partial charge is 0.325 e. The van der Waals surface area contributed by atoms with E-state index in [-0.39, 0.29) is 12.3 Å². The molecular formula is C21H23N3O5. The van der Waals surface area contributed by atoms with Crippen molar-refractivity contribution in [3.05, 3.63) is 46.8 Å². The highest BCUT2D eigenvalue weighted by Crippen LogP contribution is 2.36. The SMILES string of the molecule is Cc1cc(C(=O)CN2C(=O)N[C@@](C)(c3ccc4c(c3)OCCO4)C2=O)c(C)n1C. The zero-order valence-corrected chi connectivity index (χ0v) is 16.9. The van der Waals surface area contributed by atoms with Crippen molar-refractivity contribution in [1.29, 1.82) is 0 Å². The summed E-state index contributed by atoms with van der Waals surface area (Å²) in [5, 5.41) is 2.72. The van der Waals surface area contributed by atoms with Gasteiger partial charge < -0.3 is 19.4 Å². The van der Waals surface area contributed by atoms with Crippen LogP contribution in [0.2, 0.25) is 0 Å². The number of aryl methyl sites for hydroxylation is 1. The third-order valence-corrected chi connectivity index (χ3v) is 5.77. The number of aromatic nitrogens is 1. The molecule has 3 heterocycles. The fourth-order valence-electron chi connectivity index (χ4n) is 3.76. The van der Waals surface area contributed by atoms with Gasteiger partial charge in [0, 0.05) is 24.0 Å². The van der Waals surface area contributed by atoms with Crippen molar-refractivity contribution in [2.75, 3.05) is 19.8 Å². The highest BCUT2D eigenvalue weighted by Gasteiger charge is 2.50. The molecule has 8 heteroatoms. The Labute approximate surface area is 168 Å². The summed E-state index contributed by atoms with van der Waals surface area (Å²) in [6.07, 6.45) is 0. The van der Waals surface area contributed by atoms with E-state index < -0.39 is 17.5 Å². The summed E-state index contributed by atoms with van der Waals surface area (Å²) in [5.41, 5.74) is 1.54. The molecule has 0 saturated carbocycles. The number of nitrogens with zero attached hydrogens (tertiary/aromatic N) is 2. The first-order chi connectivity index (χ1) is 13.7. The van der Waals surface area contributed by atoms with Crippen molar-refractivity contribution in [2.24, 2.45) is 7.05 Å². The molecule has 0 unspecified atom stereocenters. The Morgan fingerprint density at radius 2 is 1.83 bits per heavy atom. The Balaban J connectivity index is 1.60. The number of amides is 3. The molecule has 4 rings (SSSR count). The average Bonchev–Trinajstić information content (AvgIpc) is 3.09. The minimum Gasteiger partial charge on any atom is -0.486 e. The molecule has 0 bridgehead atoms. The second-order valence-electron chi connectivity index (χ2n) is 7.57. The third kappa shape index (κ3) is 2.95. The number of fused-ring (bicyclic) bond motifs is 1. The van der Waals surface area contributed by atoms with Gasteiger partial charge in [-0.05, 0) is 44.5 Å². The fraction of sp³-hybridized carbons (Fsp3) is 0.381. The Hall–Kier alpha value is -3.29. The zero-order valence-electron chi connectivity index (χ0n) is 16.9. The number of ether oxygens (including phenoxy) is 2. The fourth-order valence-corrected chi connectivity index (χ4v) is 3.76. The van der Waals surface area contributed by atoms with Crippen LogP contribution in [0.3, 0.4) is 0 Å². The van der Waals surface area contributed by atoms with Crippen LogP contribution in [0.25, 0.3) is 0 Å². The van der Waals surface area contributed by atoms with Crippen molar-refractivity contribution in [2.45, 2.75) is 26.3 Å². The van der Waals surface area contributed by atoms with Crippen molar-refractivity contribution in [3.8, 4) is 11.5 Å². The maximum absolute atomic E-state index is 13.1. The number of hydrogen-bond donors (Lipinski definition) is 1. The molecule has 152 valence electrons. The average molecular weight is 397 g/mol. The number of imide groups is 1. The molecule has 0 radical (unpaired) electrons. The Morgan fingerprint density at radius 3 is 2.48 bits per heavy atom. The lowest BCUT2D eigenvalue weighted by atomic mass is 9.91. The first kappa shape index (κ1) is 19.0. The van der Waals surface area contributed by atoms with Crippen LogP contribution >= 0.6 is 0 Å². The number of ketones is 1. The summed E-state index contributed by atoms with van der Waals surface area (Å²) in [7, 11) is 1.87. The highest BCUT2D eigenvalue weighted by molar-refractivity contribution is 6.11. The number of hydrogen-bond acceptors (Lipinski definition) is 5. The van der Waals surface area contributed by atoms with Crippen LogP contribution in [0.15, 0.2) is 24.3 Å². The number of benzene rings is 1. The van der Waals surface area contributed by atoms with Crippen molar-refractivity contribution >= 4 is 17.7 Å². The first-order valence-electron chi connectivity index (χ1n) is 9.42. The van der Waals surface area contributed by atoms with Gasteiger partial charge in [-0.15, -0.1) is 0 Å². The number of carbonyl (C=O) groups is 3. The molecule has 29 heavy (non-hydrogen) atoms. The Bertz CT molecular complexity index is 1040. The summed E-state index contributed by atoms with van der Waals surface area (Å²) < 4.78 is 13.0. The predicted octanol–water partition coefficient (Wildman–Crippen LogP) is 2.06. The number of carbonyl (C=O) groups excluding carboxylic acids is 3. The molecule has 1 aromatic heterocycles. The van der Waals surface area contributed by atoms with E-state index in [4.69, 9.17) is 9.47 Å². The lowest BCUT2D eigenvalue weighted by molar-refractivity contribution is -0.130. The van der Waals surface area contributed by atoms with Gasteiger partial charge in [-0.2, -0.15) is 0 Å². The van der Waals surface area contributed by atoms with Crippen molar-refractivity contribution < 1.29 is 23.9 Å². The van der Waals surface area contributed by atoms with Crippen molar-refractivity contribution in [1.82, 2.24) is 14.8 Å². The minimum atomic E-state index is -1.28. The molecule has 3 amide bonds. The lowest BCUT2D eigenvalue weighted by Gasteiger charge is -2.25. The van der Waals surface area contributed by atoms with Gasteiger partial charge in [-0.3, -0.25) is 14.5 Å². The summed E-state index contributed by atoms with van der Waals surface area (Å²) in [6, 6.07) is 6.32. The van der Waals surface area contributed by atoms with E-state index in [1.54, 1.807) is 31.2 Å². The van der Waals surface area contributed by atoms with Crippen LogP contribution in [-0.2, 0) is 17.4 Å². The first-order valence-corrected chi connectivity index (χ1v) is 9.42. The molecule has 8 nitrogen and oxygen atoms in total.